The molecule has 4 aromatic rings. The number of nitriles is 1. The normalized spacial score (nSPS) is 10.8. The van der Waals surface area contributed by atoms with Crippen LogP contribution in [0.4, 0.5) is 5.95 Å². The highest BCUT2D eigenvalue weighted by atomic mass is 79.9. The lowest BCUT2D eigenvalue weighted by Crippen LogP contribution is -2.16. The van der Waals surface area contributed by atoms with E-state index in [-0.39, 0.29) is 23.8 Å². The number of aromatic nitrogens is 2. The van der Waals surface area contributed by atoms with E-state index >= 15 is 0 Å². The third-order valence-corrected chi connectivity index (χ3v) is 6.28. The highest BCUT2D eigenvalue weighted by molar-refractivity contribution is 9.10. The smallest absolute Gasteiger partial charge is 0.270 e. The summed E-state index contributed by atoms with van der Waals surface area (Å²) < 4.78 is 12.1. The zero-order valence-corrected chi connectivity index (χ0v) is 22.4. The van der Waals surface area contributed by atoms with E-state index in [0.717, 1.165) is 5.56 Å². The van der Waals surface area contributed by atoms with Gasteiger partial charge in [-0.25, -0.2) is 10.4 Å². The fourth-order valence-electron chi connectivity index (χ4n) is 3.35. The number of rotatable bonds is 8. The molecule has 8 nitrogen and oxygen atoms in total. The van der Waals surface area contributed by atoms with Crippen molar-refractivity contribution >= 4 is 51.3 Å². The lowest BCUT2D eigenvalue weighted by atomic mass is 10.1. The number of nitrogens with one attached hydrogen (secondary N) is 2. The molecule has 1 heterocycles. The second-order valence-electron chi connectivity index (χ2n) is 7.54. The highest BCUT2D eigenvalue weighted by Crippen LogP contribution is 2.37. The SMILES string of the molecule is COc1cc(C=NNc2nc(-c3ccccc3)c(C#N)c(=O)[nH]2)cc(Br)c1OCc1ccc(Cl)cc1Cl. The molecule has 0 aliphatic rings. The van der Waals surface area contributed by atoms with Crippen LogP contribution in [0.3, 0.4) is 0 Å². The number of anilines is 1. The van der Waals surface area contributed by atoms with Gasteiger partial charge in [0, 0.05) is 21.2 Å². The van der Waals surface area contributed by atoms with Crippen molar-refractivity contribution in [2.45, 2.75) is 6.61 Å². The molecule has 1 aromatic heterocycles. The van der Waals surface area contributed by atoms with Crippen LogP contribution in [-0.2, 0) is 6.61 Å². The van der Waals surface area contributed by atoms with Crippen molar-refractivity contribution in [1.29, 1.82) is 5.26 Å². The predicted octanol–water partition coefficient (Wildman–Crippen LogP) is 6.41. The number of benzene rings is 3. The summed E-state index contributed by atoms with van der Waals surface area (Å²) in [6.45, 7) is 0.210. The van der Waals surface area contributed by atoms with Gasteiger partial charge in [-0.05, 0) is 45.8 Å². The van der Waals surface area contributed by atoms with Crippen molar-refractivity contribution in [2.24, 2.45) is 5.10 Å². The van der Waals surface area contributed by atoms with Gasteiger partial charge in [0.15, 0.2) is 11.5 Å². The Morgan fingerprint density at radius 1 is 1.19 bits per heavy atom. The summed E-state index contributed by atoms with van der Waals surface area (Å²) in [5, 5.41) is 14.6. The van der Waals surface area contributed by atoms with Crippen molar-refractivity contribution in [3.05, 3.63) is 102 Å². The Morgan fingerprint density at radius 2 is 1.97 bits per heavy atom. The summed E-state index contributed by atoms with van der Waals surface area (Å²) >= 11 is 15.7. The van der Waals surface area contributed by atoms with Crippen LogP contribution >= 0.6 is 39.1 Å². The van der Waals surface area contributed by atoms with Gasteiger partial charge in [0.1, 0.15) is 18.2 Å². The van der Waals surface area contributed by atoms with E-state index in [1.807, 2.05) is 12.1 Å². The van der Waals surface area contributed by atoms with Crippen molar-refractivity contribution in [1.82, 2.24) is 9.97 Å². The van der Waals surface area contributed by atoms with Crippen LogP contribution in [0.2, 0.25) is 10.0 Å². The number of hydrogen-bond donors (Lipinski definition) is 2. The quantitative estimate of drug-likeness (QED) is 0.179. The summed E-state index contributed by atoms with van der Waals surface area (Å²) in [4.78, 5) is 19.3. The number of hydrazone groups is 1. The molecule has 0 amide bonds. The van der Waals surface area contributed by atoms with Crippen LogP contribution in [0.1, 0.15) is 16.7 Å². The Morgan fingerprint density at radius 3 is 2.68 bits per heavy atom. The van der Waals surface area contributed by atoms with Crippen molar-refractivity contribution in [3.8, 4) is 28.8 Å². The molecule has 186 valence electrons. The molecule has 0 saturated carbocycles. The Hall–Kier alpha value is -3.84. The maximum Gasteiger partial charge on any atom is 0.270 e. The van der Waals surface area contributed by atoms with Crippen LogP contribution < -0.4 is 20.5 Å². The average Bonchev–Trinajstić information content (AvgIpc) is 2.89. The topological polar surface area (TPSA) is 112 Å². The number of H-pyrrole nitrogens is 1. The average molecular weight is 599 g/mol. The van der Waals surface area contributed by atoms with E-state index in [1.165, 1.54) is 13.3 Å². The van der Waals surface area contributed by atoms with Gasteiger partial charge >= 0.3 is 0 Å². The molecule has 0 fully saturated rings. The molecule has 3 aromatic carbocycles. The van der Waals surface area contributed by atoms with Crippen molar-refractivity contribution in [3.63, 3.8) is 0 Å². The second-order valence-corrected chi connectivity index (χ2v) is 9.24. The van der Waals surface area contributed by atoms with E-state index in [1.54, 1.807) is 54.6 Å². The Kier molecular flexibility index (Phi) is 8.46. The first-order valence-electron chi connectivity index (χ1n) is 10.7. The van der Waals surface area contributed by atoms with Crippen LogP contribution in [0, 0.1) is 11.3 Å². The minimum absolute atomic E-state index is 0.0788. The van der Waals surface area contributed by atoms with E-state index in [9.17, 15) is 10.1 Å². The second kappa shape index (κ2) is 11.9. The first-order chi connectivity index (χ1) is 17.9. The minimum atomic E-state index is -0.569. The molecule has 11 heteroatoms. The summed E-state index contributed by atoms with van der Waals surface area (Å²) in [7, 11) is 1.53. The van der Waals surface area contributed by atoms with Gasteiger partial charge in [0.2, 0.25) is 5.95 Å². The summed E-state index contributed by atoms with van der Waals surface area (Å²) in [6, 6.07) is 19.6. The Labute approximate surface area is 230 Å². The lowest BCUT2D eigenvalue weighted by molar-refractivity contribution is 0.282. The van der Waals surface area contributed by atoms with Gasteiger partial charge in [0.25, 0.3) is 5.56 Å². The monoisotopic (exact) mass is 597 g/mol. The van der Waals surface area contributed by atoms with Gasteiger partial charge in [-0.1, -0.05) is 59.6 Å². The van der Waals surface area contributed by atoms with Gasteiger partial charge in [-0.15, -0.1) is 0 Å². The van der Waals surface area contributed by atoms with E-state index in [4.69, 9.17) is 32.7 Å². The zero-order valence-electron chi connectivity index (χ0n) is 19.3. The molecule has 37 heavy (non-hydrogen) atoms. The lowest BCUT2D eigenvalue weighted by Gasteiger charge is -2.14. The van der Waals surface area contributed by atoms with E-state index in [2.05, 4.69) is 36.4 Å². The standard InChI is InChI=1S/C26H18BrCl2N5O3/c1-36-22-10-15(9-20(27)24(22)37-14-17-7-8-18(28)11-21(17)29)13-31-34-26-32-23(16-5-3-2-4-6-16)19(12-30)25(35)33-26/h2-11,13H,14H2,1H3,(H2,32,33,34,35). The number of aromatic amines is 1. The molecule has 0 aliphatic carbocycles. The number of nitrogens with zero attached hydrogens (tertiary/aromatic N) is 3. The predicted molar refractivity (Wildman–Crippen MR) is 148 cm³/mol. The van der Waals surface area contributed by atoms with Crippen LogP contribution in [-0.4, -0.2) is 23.3 Å². The summed E-state index contributed by atoms with van der Waals surface area (Å²) in [5.74, 6) is 1.05. The van der Waals surface area contributed by atoms with Crippen LogP contribution in [0.25, 0.3) is 11.3 Å². The fourth-order valence-corrected chi connectivity index (χ4v) is 4.38. The third-order valence-electron chi connectivity index (χ3n) is 5.10. The molecule has 0 aliphatic heterocycles. The largest absolute Gasteiger partial charge is 0.493 e. The maximum atomic E-state index is 12.4. The fraction of sp³-hybridized carbons (Fsp3) is 0.0769. The number of hydrogen-bond acceptors (Lipinski definition) is 7. The number of halogens is 3. The molecule has 0 unspecified atom stereocenters. The van der Waals surface area contributed by atoms with E-state index in [0.29, 0.717) is 37.1 Å². The molecule has 0 radical (unpaired) electrons. The summed E-state index contributed by atoms with van der Waals surface area (Å²) in [5.41, 5.74) is 4.40. The van der Waals surface area contributed by atoms with Crippen molar-refractivity contribution in [2.75, 3.05) is 12.5 Å². The molecule has 0 spiro atoms. The molecular formula is C26H18BrCl2N5O3. The van der Waals surface area contributed by atoms with Gasteiger partial charge < -0.3 is 9.47 Å². The molecular weight excluding hydrogens is 581 g/mol. The summed E-state index contributed by atoms with van der Waals surface area (Å²) in [6.07, 6.45) is 1.52. The Bertz CT molecular complexity index is 1570. The van der Waals surface area contributed by atoms with Crippen LogP contribution in [0.5, 0.6) is 11.5 Å². The minimum Gasteiger partial charge on any atom is -0.493 e. The first-order valence-corrected chi connectivity index (χ1v) is 12.3. The zero-order chi connectivity index (χ0) is 26.4. The molecule has 0 bridgehead atoms. The van der Waals surface area contributed by atoms with Crippen molar-refractivity contribution < 1.29 is 9.47 Å². The van der Waals surface area contributed by atoms with E-state index < -0.39 is 5.56 Å². The molecule has 2 N–H and O–H groups in total. The molecule has 0 saturated heterocycles. The third kappa shape index (κ3) is 6.30. The highest BCUT2D eigenvalue weighted by Gasteiger charge is 2.14. The first kappa shape index (κ1) is 26.2. The maximum absolute atomic E-state index is 12.4. The van der Waals surface area contributed by atoms with Crippen LogP contribution in [0.15, 0.2) is 75.0 Å². The van der Waals surface area contributed by atoms with Gasteiger partial charge in [-0.2, -0.15) is 10.4 Å². The Balaban J connectivity index is 1.53. The molecule has 0 atom stereocenters. The van der Waals surface area contributed by atoms with Gasteiger partial charge in [0.05, 0.1) is 23.5 Å². The number of methoxy groups -OCH3 is 1. The van der Waals surface area contributed by atoms with Gasteiger partial charge in [-0.3, -0.25) is 9.78 Å². The number of ether oxygens (including phenoxy) is 2. The molecule has 4 rings (SSSR count).